The van der Waals surface area contributed by atoms with Crippen LogP contribution in [0.25, 0.3) is 22.4 Å². The first-order valence-corrected chi connectivity index (χ1v) is 10.7. The number of nitrogens with zero attached hydrogens (tertiary/aromatic N) is 1. The van der Waals surface area contributed by atoms with Crippen molar-refractivity contribution in [2.45, 2.75) is 64.8 Å². The summed E-state index contributed by atoms with van der Waals surface area (Å²) in [5, 5.41) is 0. The number of hydrogen-bond acceptors (Lipinski definition) is 0. The lowest BCUT2D eigenvalue weighted by molar-refractivity contribution is -0.765. The van der Waals surface area contributed by atoms with Gasteiger partial charge in [-0.1, -0.05) is 56.3 Å². The molecule has 1 aromatic heterocycles. The lowest BCUT2D eigenvalue weighted by Crippen LogP contribution is -2.67. The second kappa shape index (κ2) is 5.80. The van der Waals surface area contributed by atoms with E-state index >= 15 is 0 Å². The Bertz CT molecular complexity index is 1090. The van der Waals surface area contributed by atoms with Crippen LogP contribution in [0.5, 0.6) is 0 Å². The van der Waals surface area contributed by atoms with Gasteiger partial charge in [-0.3, -0.25) is 0 Å². The SMILES string of the molecule is CCC1(C)c2ccc(-c3ccccc3)c3c2-c2c(c(C)cc[n+]2C1(C)CC)C3. The highest BCUT2D eigenvalue weighted by molar-refractivity contribution is 5.86. The highest BCUT2D eigenvalue weighted by atomic mass is 15.1. The van der Waals surface area contributed by atoms with Crippen molar-refractivity contribution >= 4 is 0 Å². The molecule has 0 amide bonds. The Morgan fingerprint density at radius 3 is 2.32 bits per heavy atom. The monoisotopic (exact) mass is 368 g/mol. The van der Waals surface area contributed by atoms with Gasteiger partial charge in [0.1, 0.15) is 0 Å². The molecular weight excluding hydrogens is 338 g/mol. The zero-order valence-electron chi connectivity index (χ0n) is 17.8. The number of pyridine rings is 1. The van der Waals surface area contributed by atoms with Crippen LogP contribution in [0.1, 0.15) is 62.8 Å². The summed E-state index contributed by atoms with van der Waals surface area (Å²) in [7, 11) is 0. The van der Waals surface area contributed by atoms with E-state index in [1.54, 1.807) is 5.56 Å². The van der Waals surface area contributed by atoms with Gasteiger partial charge in [0, 0.05) is 31.4 Å². The van der Waals surface area contributed by atoms with Gasteiger partial charge in [-0.05, 0) is 48.1 Å². The maximum absolute atomic E-state index is 2.63. The molecule has 1 aliphatic carbocycles. The van der Waals surface area contributed by atoms with Crippen molar-refractivity contribution in [3.63, 3.8) is 0 Å². The van der Waals surface area contributed by atoms with Gasteiger partial charge >= 0.3 is 0 Å². The molecule has 0 bridgehead atoms. The Morgan fingerprint density at radius 2 is 1.64 bits per heavy atom. The van der Waals surface area contributed by atoms with Crippen LogP contribution in [0.4, 0.5) is 0 Å². The zero-order valence-corrected chi connectivity index (χ0v) is 17.8. The van der Waals surface area contributed by atoms with Crippen LogP contribution in [0.2, 0.25) is 0 Å². The minimum Gasteiger partial charge on any atom is -0.192 e. The molecule has 2 unspecified atom stereocenters. The molecule has 1 aliphatic heterocycles. The first-order chi connectivity index (χ1) is 13.5. The molecule has 1 nitrogen and oxygen atoms in total. The van der Waals surface area contributed by atoms with Gasteiger partial charge < -0.3 is 0 Å². The molecule has 5 rings (SSSR count). The standard InChI is InChI=1S/C27H30N/c1-6-26(4)23-14-13-20(19-11-9-8-10-12-19)22-17-21-18(3)15-16-28(25(21)24(22)23)27(26,5)7-2/h8-16H,6-7,17H2,1-5H3/q+1. The third-order valence-corrected chi connectivity index (χ3v) is 8.17. The van der Waals surface area contributed by atoms with E-state index in [1.807, 2.05) is 0 Å². The number of aromatic nitrogens is 1. The van der Waals surface area contributed by atoms with Crippen LogP contribution >= 0.6 is 0 Å². The molecule has 0 saturated carbocycles. The van der Waals surface area contributed by atoms with Gasteiger partial charge in [-0.25, -0.2) is 0 Å². The first-order valence-electron chi connectivity index (χ1n) is 10.7. The number of aryl methyl sites for hydroxylation is 1. The van der Waals surface area contributed by atoms with E-state index in [1.165, 1.54) is 39.1 Å². The Hall–Kier alpha value is -2.41. The van der Waals surface area contributed by atoms with Crippen LogP contribution in [0.3, 0.4) is 0 Å². The third kappa shape index (κ3) is 1.95. The molecule has 2 aliphatic rings. The molecule has 0 N–H and O–H groups in total. The number of rotatable bonds is 3. The van der Waals surface area contributed by atoms with Crippen LogP contribution in [0.15, 0.2) is 54.7 Å². The summed E-state index contributed by atoms with van der Waals surface area (Å²) in [6.45, 7) is 12.0. The summed E-state index contributed by atoms with van der Waals surface area (Å²) in [5.74, 6) is 0. The lowest BCUT2D eigenvalue weighted by Gasteiger charge is -2.46. The highest BCUT2D eigenvalue weighted by Crippen LogP contribution is 2.55. The quantitative estimate of drug-likeness (QED) is 0.372. The smallest absolute Gasteiger partial charge is 0.192 e. The molecule has 142 valence electrons. The fraction of sp³-hybridized carbons (Fsp3) is 0.370. The zero-order chi connectivity index (χ0) is 19.7. The third-order valence-electron chi connectivity index (χ3n) is 8.17. The summed E-state index contributed by atoms with van der Waals surface area (Å²) in [6, 6.07) is 18.1. The molecule has 2 atom stereocenters. The molecule has 0 spiro atoms. The van der Waals surface area contributed by atoms with Gasteiger partial charge in [-0.15, -0.1) is 0 Å². The van der Waals surface area contributed by atoms with Crippen LogP contribution in [-0.4, -0.2) is 0 Å². The van der Waals surface area contributed by atoms with Gasteiger partial charge in [0.05, 0.1) is 11.0 Å². The first kappa shape index (κ1) is 17.7. The molecule has 2 aromatic carbocycles. The maximum atomic E-state index is 2.63. The molecule has 1 heteroatoms. The Labute approximate surface area is 169 Å². The van der Waals surface area contributed by atoms with Crippen molar-refractivity contribution in [2.75, 3.05) is 0 Å². The van der Waals surface area contributed by atoms with Gasteiger partial charge in [0.15, 0.2) is 11.7 Å². The molecule has 28 heavy (non-hydrogen) atoms. The Balaban J connectivity index is 1.91. The van der Waals surface area contributed by atoms with E-state index < -0.39 is 0 Å². The van der Waals surface area contributed by atoms with Crippen molar-refractivity contribution < 1.29 is 4.57 Å². The van der Waals surface area contributed by atoms with Gasteiger partial charge in [0.2, 0.25) is 5.69 Å². The van der Waals surface area contributed by atoms with E-state index in [0.29, 0.717) is 0 Å². The summed E-state index contributed by atoms with van der Waals surface area (Å²) >= 11 is 0. The van der Waals surface area contributed by atoms with Crippen molar-refractivity contribution in [1.29, 1.82) is 0 Å². The molecule has 2 heterocycles. The maximum Gasteiger partial charge on any atom is 0.217 e. The average molecular weight is 369 g/mol. The van der Waals surface area contributed by atoms with Gasteiger partial charge in [0.25, 0.3) is 0 Å². The second-order valence-corrected chi connectivity index (χ2v) is 9.07. The number of benzene rings is 2. The summed E-state index contributed by atoms with van der Waals surface area (Å²) in [5.41, 5.74) is 12.0. The minimum atomic E-state index is 0.0857. The summed E-state index contributed by atoms with van der Waals surface area (Å²) < 4.78 is 2.63. The minimum absolute atomic E-state index is 0.0857. The predicted octanol–water partition coefficient (Wildman–Crippen LogP) is 6.33. The van der Waals surface area contributed by atoms with Crippen molar-refractivity contribution in [1.82, 2.24) is 0 Å². The van der Waals surface area contributed by atoms with Crippen molar-refractivity contribution in [2.24, 2.45) is 0 Å². The molecular formula is C27H30N+. The molecule has 3 aromatic rings. The average Bonchev–Trinajstić information content (AvgIpc) is 3.13. The van der Waals surface area contributed by atoms with Gasteiger partial charge in [-0.2, -0.15) is 4.57 Å². The topological polar surface area (TPSA) is 3.88 Å². The van der Waals surface area contributed by atoms with Crippen molar-refractivity contribution in [3.8, 4) is 22.4 Å². The largest absolute Gasteiger partial charge is 0.217 e. The van der Waals surface area contributed by atoms with E-state index in [2.05, 4.69) is 93.9 Å². The van der Waals surface area contributed by atoms with Crippen LogP contribution < -0.4 is 4.57 Å². The Morgan fingerprint density at radius 1 is 0.893 bits per heavy atom. The van der Waals surface area contributed by atoms with Crippen LogP contribution in [-0.2, 0) is 17.4 Å². The second-order valence-electron chi connectivity index (χ2n) is 9.07. The molecule has 0 saturated heterocycles. The van der Waals surface area contributed by atoms with E-state index in [-0.39, 0.29) is 11.0 Å². The van der Waals surface area contributed by atoms with Crippen molar-refractivity contribution in [3.05, 3.63) is 77.0 Å². The summed E-state index contributed by atoms with van der Waals surface area (Å²) in [6.07, 6.45) is 5.69. The van der Waals surface area contributed by atoms with Crippen LogP contribution in [0, 0.1) is 6.92 Å². The summed E-state index contributed by atoms with van der Waals surface area (Å²) in [4.78, 5) is 0. The molecule has 0 fully saturated rings. The fourth-order valence-electron chi connectivity index (χ4n) is 5.91. The fourth-order valence-corrected chi connectivity index (χ4v) is 5.91. The normalized spacial score (nSPS) is 24.3. The van der Waals surface area contributed by atoms with E-state index in [4.69, 9.17) is 0 Å². The Kier molecular flexibility index (Phi) is 3.66. The van der Waals surface area contributed by atoms with E-state index in [9.17, 15) is 0 Å². The predicted molar refractivity (Wildman–Crippen MR) is 117 cm³/mol. The molecule has 0 radical (unpaired) electrons. The van der Waals surface area contributed by atoms with E-state index in [0.717, 1.165) is 19.3 Å². The number of hydrogen-bond donors (Lipinski definition) is 0. The highest BCUT2D eigenvalue weighted by Gasteiger charge is 2.58. The lowest BCUT2D eigenvalue weighted by atomic mass is 9.60.